The molecule has 0 bridgehead atoms. The highest BCUT2D eigenvalue weighted by Crippen LogP contribution is 2.32. The van der Waals surface area contributed by atoms with Crippen LogP contribution in [0.1, 0.15) is 36.8 Å². The number of aryl methyl sites for hydroxylation is 2. The average molecular weight is 419 g/mol. The van der Waals surface area contributed by atoms with Crippen LogP contribution in [0.3, 0.4) is 0 Å². The zero-order chi connectivity index (χ0) is 21.4. The third-order valence-corrected chi connectivity index (χ3v) is 6.59. The van der Waals surface area contributed by atoms with Crippen LogP contribution in [0.2, 0.25) is 0 Å². The molecule has 2 aliphatic rings. The van der Waals surface area contributed by atoms with Gasteiger partial charge >= 0.3 is 0 Å². The number of fused-ring (bicyclic) bond motifs is 2. The van der Waals surface area contributed by atoms with Crippen molar-refractivity contribution in [3.05, 3.63) is 59.7 Å². The van der Waals surface area contributed by atoms with Gasteiger partial charge in [0.1, 0.15) is 18.0 Å². The largest absolute Gasteiger partial charge is 0.356 e. The van der Waals surface area contributed by atoms with Crippen molar-refractivity contribution in [1.82, 2.24) is 9.97 Å². The maximum Gasteiger partial charge on any atom is 0.230 e. The highest BCUT2D eigenvalue weighted by Gasteiger charge is 2.31. The molecular formula is C25H27FN4O. The molecule has 6 heteroatoms. The van der Waals surface area contributed by atoms with Gasteiger partial charge in [-0.25, -0.2) is 14.4 Å². The normalized spacial score (nSPS) is 17.5. The molecule has 31 heavy (non-hydrogen) atoms. The molecule has 160 valence electrons. The van der Waals surface area contributed by atoms with E-state index in [1.807, 2.05) is 4.90 Å². The van der Waals surface area contributed by atoms with Crippen LogP contribution in [0.15, 0.2) is 42.7 Å². The van der Waals surface area contributed by atoms with Crippen molar-refractivity contribution >= 4 is 28.3 Å². The number of piperidine rings is 1. The van der Waals surface area contributed by atoms with Crippen LogP contribution < -0.4 is 9.80 Å². The molecule has 0 saturated carbocycles. The molecule has 3 heterocycles. The fourth-order valence-electron chi connectivity index (χ4n) is 4.94. The maximum absolute atomic E-state index is 13.8. The molecule has 0 spiro atoms. The second-order valence-electron chi connectivity index (χ2n) is 8.70. The Kier molecular flexibility index (Phi) is 5.30. The van der Waals surface area contributed by atoms with E-state index in [-0.39, 0.29) is 17.6 Å². The minimum Gasteiger partial charge on any atom is -0.356 e. The second kappa shape index (κ2) is 8.25. The number of benzene rings is 2. The van der Waals surface area contributed by atoms with Gasteiger partial charge in [-0.1, -0.05) is 17.7 Å². The highest BCUT2D eigenvalue weighted by molar-refractivity contribution is 5.96. The lowest BCUT2D eigenvalue weighted by Crippen LogP contribution is -2.43. The number of nitrogens with zero attached hydrogens (tertiary/aromatic N) is 4. The molecule has 0 N–H and O–H groups in total. The maximum atomic E-state index is 13.8. The topological polar surface area (TPSA) is 49.3 Å². The number of aromatic nitrogens is 2. The Balaban J connectivity index is 1.33. The SMILES string of the molecule is Cc1ccc2c(c1)CCCCN2C(=O)C1CCN(c2ncnc3ccc(F)cc23)CC1. The highest BCUT2D eigenvalue weighted by atomic mass is 19.1. The molecule has 0 radical (unpaired) electrons. The third kappa shape index (κ3) is 3.87. The van der Waals surface area contributed by atoms with Gasteiger partial charge in [0.2, 0.25) is 5.91 Å². The summed E-state index contributed by atoms with van der Waals surface area (Å²) in [5, 5.41) is 0.726. The van der Waals surface area contributed by atoms with E-state index in [1.165, 1.54) is 29.6 Å². The first-order valence-corrected chi connectivity index (χ1v) is 11.2. The lowest BCUT2D eigenvalue weighted by Gasteiger charge is -2.35. The van der Waals surface area contributed by atoms with Crippen molar-refractivity contribution in [2.75, 3.05) is 29.4 Å². The van der Waals surface area contributed by atoms with Crippen LogP contribution in [-0.4, -0.2) is 35.5 Å². The fourth-order valence-corrected chi connectivity index (χ4v) is 4.94. The van der Waals surface area contributed by atoms with E-state index in [9.17, 15) is 9.18 Å². The summed E-state index contributed by atoms with van der Waals surface area (Å²) >= 11 is 0. The molecule has 1 saturated heterocycles. The lowest BCUT2D eigenvalue weighted by atomic mass is 9.94. The van der Waals surface area contributed by atoms with Crippen molar-refractivity contribution in [2.45, 2.75) is 39.0 Å². The van der Waals surface area contributed by atoms with Crippen molar-refractivity contribution in [1.29, 1.82) is 0 Å². The molecule has 1 amide bonds. The Bertz CT molecular complexity index is 1120. The summed E-state index contributed by atoms with van der Waals surface area (Å²) in [7, 11) is 0. The minimum absolute atomic E-state index is 0.00772. The van der Waals surface area contributed by atoms with Crippen molar-refractivity contribution in [2.24, 2.45) is 5.92 Å². The fraction of sp³-hybridized carbons (Fsp3) is 0.400. The van der Waals surface area contributed by atoms with Crippen LogP contribution in [0.25, 0.3) is 10.9 Å². The Morgan fingerprint density at radius 1 is 1.03 bits per heavy atom. The van der Waals surface area contributed by atoms with Crippen LogP contribution in [0.5, 0.6) is 0 Å². The predicted octanol–water partition coefficient (Wildman–Crippen LogP) is 4.66. The first-order chi connectivity index (χ1) is 15.1. The molecule has 1 fully saturated rings. The number of rotatable bonds is 2. The number of hydrogen-bond acceptors (Lipinski definition) is 4. The number of carbonyl (C=O) groups excluding carboxylic acids is 1. The van der Waals surface area contributed by atoms with Crippen molar-refractivity contribution in [3.8, 4) is 0 Å². The standard InChI is InChI=1S/C25H27FN4O/c1-17-5-8-23-19(14-17)4-2-3-11-30(23)25(31)18-9-12-29(13-10-18)24-21-15-20(26)6-7-22(21)27-16-28-24/h5-8,14-16,18H,2-4,9-13H2,1H3. The van der Waals surface area contributed by atoms with Gasteiger partial charge in [-0.15, -0.1) is 0 Å². The summed E-state index contributed by atoms with van der Waals surface area (Å²) in [5.74, 6) is 0.716. The summed E-state index contributed by atoms with van der Waals surface area (Å²) < 4.78 is 13.8. The summed E-state index contributed by atoms with van der Waals surface area (Å²) in [6.45, 7) is 4.36. The predicted molar refractivity (Wildman–Crippen MR) is 121 cm³/mol. The molecule has 2 aromatic carbocycles. The smallest absolute Gasteiger partial charge is 0.230 e. The van der Waals surface area contributed by atoms with Gasteiger partial charge in [0, 0.05) is 36.6 Å². The second-order valence-corrected chi connectivity index (χ2v) is 8.70. The van der Waals surface area contributed by atoms with E-state index in [2.05, 4.69) is 40.0 Å². The molecule has 2 aliphatic heterocycles. The van der Waals surface area contributed by atoms with Crippen molar-refractivity contribution in [3.63, 3.8) is 0 Å². The number of hydrogen-bond donors (Lipinski definition) is 0. The molecule has 3 aromatic rings. The van der Waals surface area contributed by atoms with Gasteiger partial charge in [0.05, 0.1) is 5.52 Å². The quantitative estimate of drug-likeness (QED) is 0.607. The first-order valence-electron chi connectivity index (χ1n) is 11.2. The Morgan fingerprint density at radius 3 is 2.71 bits per heavy atom. The van der Waals surface area contributed by atoms with Gasteiger partial charge in [0.15, 0.2) is 0 Å². The zero-order valence-electron chi connectivity index (χ0n) is 17.9. The number of halogens is 1. The number of anilines is 2. The van der Waals surface area contributed by atoms with E-state index < -0.39 is 0 Å². The van der Waals surface area contributed by atoms with E-state index in [0.717, 1.165) is 74.1 Å². The summed E-state index contributed by atoms with van der Waals surface area (Å²) in [4.78, 5) is 26.4. The first kappa shape index (κ1) is 19.9. The Morgan fingerprint density at radius 2 is 1.87 bits per heavy atom. The van der Waals surface area contributed by atoms with Crippen LogP contribution in [0, 0.1) is 18.7 Å². The van der Waals surface area contributed by atoms with Crippen LogP contribution in [0.4, 0.5) is 15.9 Å². The van der Waals surface area contributed by atoms with Crippen LogP contribution in [-0.2, 0) is 11.2 Å². The van der Waals surface area contributed by atoms with Gasteiger partial charge in [-0.2, -0.15) is 0 Å². The molecule has 0 aliphatic carbocycles. The molecule has 0 unspecified atom stereocenters. The molecular weight excluding hydrogens is 391 g/mol. The molecule has 5 nitrogen and oxygen atoms in total. The van der Waals surface area contributed by atoms with Gasteiger partial charge in [-0.3, -0.25) is 4.79 Å². The monoisotopic (exact) mass is 418 g/mol. The van der Waals surface area contributed by atoms with E-state index in [4.69, 9.17) is 0 Å². The Hall–Kier alpha value is -3.02. The number of carbonyl (C=O) groups is 1. The van der Waals surface area contributed by atoms with E-state index in [1.54, 1.807) is 6.07 Å². The molecule has 0 atom stereocenters. The Labute approximate surface area is 181 Å². The average Bonchev–Trinajstić information content (AvgIpc) is 3.00. The van der Waals surface area contributed by atoms with E-state index >= 15 is 0 Å². The number of amides is 1. The van der Waals surface area contributed by atoms with Crippen molar-refractivity contribution < 1.29 is 9.18 Å². The zero-order valence-corrected chi connectivity index (χ0v) is 17.9. The minimum atomic E-state index is -0.288. The van der Waals surface area contributed by atoms with Crippen LogP contribution >= 0.6 is 0 Å². The third-order valence-electron chi connectivity index (χ3n) is 6.59. The summed E-state index contributed by atoms with van der Waals surface area (Å²) in [6.07, 6.45) is 6.28. The summed E-state index contributed by atoms with van der Waals surface area (Å²) in [5.41, 5.74) is 4.36. The molecule has 1 aromatic heterocycles. The van der Waals surface area contributed by atoms with Gasteiger partial charge in [0.25, 0.3) is 0 Å². The molecule has 5 rings (SSSR count). The summed E-state index contributed by atoms with van der Waals surface area (Å²) in [6, 6.07) is 11.0. The lowest BCUT2D eigenvalue weighted by molar-refractivity contribution is -0.123. The van der Waals surface area contributed by atoms with Gasteiger partial charge < -0.3 is 9.80 Å². The van der Waals surface area contributed by atoms with E-state index in [0.29, 0.717) is 0 Å². The van der Waals surface area contributed by atoms with Gasteiger partial charge in [-0.05, 0) is 68.9 Å².